The highest BCUT2D eigenvalue weighted by molar-refractivity contribution is 5.84. The fourth-order valence-corrected chi connectivity index (χ4v) is 2.40. The first kappa shape index (κ1) is 12.2. The van der Waals surface area contributed by atoms with Crippen LogP contribution in [0.15, 0.2) is 6.33 Å². The molecule has 2 aromatic heterocycles. The van der Waals surface area contributed by atoms with Crippen LogP contribution in [0.5, 0.6) is 0 Å². The second-order valence-corrected chi connectivity index (χ2v) is 5.00. The van der Waals surface area contributed by atoms with Crippen LogP contribution in [0.2, 0.25) is 0 Å². The van der Waals surface area contributed by atoms with E-state index < -0.39 is 0 Å². The van der Waals surface area contributed by atoms with E-state index in [-0.39, 0.29) is 0 Å². The molecule has 1 atom stereocenters. The number of aromatic nitrogens is 4. The largest absolute Gasteiger partial charge is 0.357 e. The Morgan fingerprint density at radius 3 is 2.95 bits per heavy atom. The lowest BCUT2D eigenvalue weighted by Crippen LogP contribution is -2.50. The van der Waals surface area contributed by atoms with Crippen LogP contribution in [0.4, 0.5) is 11.8 Å². The van der Waals surface area contributed by atoms with Crippen molar-refractivity contribution >= 4 is 22.9 Å². The van der Waals surface area contributed by atoms with Crippen molar-refractivity contribution in [1.29, 1.82) is 0 Å². The van der Waals surface area contributed by atoms with Gasteiger partial charge in [-0.05, 0) is 14.0 Å². The molecule has 0 bridgehead atoms. The first-order valence-corrected chi connectivity index (χ1v) is 6.53. The van der Waals surface area contributed by atoms with Crippen LogP contribution in [0, 0.1) is 0 Å². The quantitative estimate of drug-likeness (QED) is 0.822. The molecule has 3 rings (SSSR count). The molecule has 1 unspecified atom stereocenters. The van der Waals surface area contributed by atoms with Gasteiger partial charge in [-0.15, -0.1) is 0 Å². The number of hydrogen-bond donors (Lipinski definition) is 2. The molecule has 0 aliphatic carbocycles. The first-order valence-electron chi connectivity index (χ1n) is 6.53. The number of rotatable bonds is 2. The molecule has 2 aromatic rings. The summed E-state index contributed by atoms with van der Waals surface area (Å²) in [6.07, 6.45) is 1.67. The van der Waals surface area contributed by atoms with Crippen molar-refractivity contribution in [1.82, 2.24) is 24.8 Å². The van der Waals surface area contributed by atoms with E-state index in [4.69, 9.17) is 0 Å². The monoisotopic (exact) mass is 261 g/mol. The number of likely N-dealkylation sites (N-methyl/N-ethyl adjacent to an activating group) is 1. The molecule has 1 aliphatic heterocycles. The Morgan fingerprint density at radius 2 is 2.21 bits per heavy atom. The SMILES string of the molecule is CNc1nc(N2CCN(C)C(C)C2)c2[nH]cnc2n1. The van der Waals surface area contributed by atoms with Gasteiger partial charge in [0.15, 0.2) is 11.5 Å². The lowest BCUT2D eigenvalue weighted by atomic mass is 10.2. The average molecular weight is 261 g/mol. The van der Waals surface area contributed by atoms with E-state index in [9.17, 15) is 0 Å². The van der Waals surface area contributed by atoms with Crippen molar-refractivity contribution in [2.45, 2.75) is 13.0 Å². The molecule has 0 radical (unpaired) electrons. The molecule has 2 N–H and O–H groups in total. The van der Waals surface area contributed by atoms with Gasteiger partial charge >= 0.3 is 0 Å². The number of aromatic amines is 1. The van der Waals surface area contributed by atoms with Crippen molar-refractivity contribution in [2.24, 2.45) is 0 Å². The van der Waals surface area contributed by atoms with E-state index in [1.807, 2.05) is 7.05 Å². The Balaban J connectivity index is 2.01. The second-order valence-electron chi connectivity index (χ2n) is 5.00. The molecule has 7 heteroatoms. The van der Waals surface area contributed by atoms with Crippen LogP contribution in [0.1, 0.15) is 6.92 Å². The Hall–Kier alpha value is -1.89. The van der Waals surface area contributed by atoms with E-state index in [0.29, 0.717) is 17.6 Å². The first-order chi connectivity index (χ1) is 9.19. The highest BCUT2D eigenvalue weighted by Gasteiger charge is 2.24. The fourth-order valence-electron chi connectivity index (χ4n) is 2.40. The number of fused-ring (bicyclic) bond motifs is 1. The van der Waals surface area contributed by atoms with Gasteiger partial charge in [-0.1, -0.05) is 0 Å². The summed E-state index contributed by atoms with van der Waals surface area (Å²) >= 11 is 0. The van der Waals surface area contributed by atoms with Crippen molar-refractivity contribution in [3.63, 3.8) is 0 Å². The highest BCUT2D eigenvalue weighted by atomic mass is 15.3. The number of anilines is 2. The summed E-state index contributed by atoms with van der Waals surface area (Å²) in [5, 5.41) is 3.00. The number of hydrogen-bond acceptors (Lipinski definition) is 6. The predicted molar refractivity (Wildman–Crippen MR) is 75.5 cm³/mol. The molecular weight excluding hydrogens is 242 g/mol. The Morgan fingerprint density at radius 1 is 1.37 bits per heavy atom. The molecule has 1 aliphatic rings. The molecule has 1 saturated heterocycles. The smallest absolute Gasteiger partial charge is 0.226 e. The molecule has 1 fully saturated rings. The van der Waals surface area contributed by atoms with Crippen molar-refractivity contribution in [3.8, 4) is 0 Å². The van der Waals surface area contributed by atoms with Gasteiger partial charge in [-0.25, -0.2) is 4.98 Å². The Bertz CT molecular complexity index is 578. The van der Waals surface area contributed by atoms with E-state index in [1.54, 1.807) is 6.33 Å². The van der Waals surface area contributed by atoms with Gasteiger partial charge < -0.3 is 20.1 Å². The highest BCUT2D eigenvalue weighted by Crippen LogP contribution is 2.24. The van der Waals surface area contributed by atoms with Gasteiger partial charge in [0, 0.05) is 32.7 Å². The van der Waals surface area contributed by atoms with E-state index >= 15 is 0 Å². The minimum atomic E-state index is 0.514. The Labute approximate surface area is 112 Å². The number of piperazine rings is 1. The molecule has 102 valence electrons. The molecule has 0 aromatic carbocycles. The van der Waals surface area contributed by atoms with Crippen molar-refractivity contribution in [3.05, 3.63) is 6.33 Å². The van der Waals surface area contributed by atoms with Gasteiger partial charge in [-0.3, -0.25) is 0 Å². The van der Waals surface area contributed by atoms with Crippen LogP contribution in [-0.4, -0.2) is 64.6 Å². The number of nitrogens with one attached hydrogen (secondary N) is 2. The standard InChI is InChI=1S/C12H19N7/c1-8-6-19(5-4-18(8)3)11-9-10(15-7-14-9)16-12(13-2)17-11/h7-8H,4-6H2,1-3H3,(H2,13,14,15,16,17). The lowest BCUT2D eigenvalue weighted by Gasteiger charge is -2.38. The Kier molecular flexibility index (Phi) is 2.98. The fraction of sp³-hybridized carbons (Fsp3) is 0.583. The van der Waals surface area contributed by atoms with Gasteiger partial charge in [0.05, 0.1) is 6.33 Å². The third-order valence-corrected chi connectivity index (χ3v) is 3.75. The molecule has 0 spiro atoms. The molecule has 0 saturated carbocycles. The van der Waals surface area contributed by atoms with Gasteiger partial charge in [0.25, 0.3) is 0 Å². The number of imidazole rings is 1. The summed E-state index contributed by atoms with van der Waals surface area (Å²) in [5.41, 5.74) is 1.62. The predicted octanol–water partition coefficient (Wildman–Crippen LogP) is 0.535. The summed E-state index contributed by atoms with van der Waals surface area (Å²) < 4.78 is 0. The van der Waals surface area contributed by atoms with Crippen LogP contribution < -0.4 is 10.2 Å². The van der Waals surface area contributed by atoms with Crippen LogP contribution in [0.25, 0.3) is 11.2 Å². The van der Waals surface area contributed by atoms with Gasteiger partial charge in [0.2, 0.25) is 5.95 Å². The molecule has 7 nitrogen and oxygen atoms in total. The van der Waals surface area contributed by atoms with Crippen LogP contribution >= 0.6 is 0 Å². The van der Waals surface area contributed by atoms with Gasteiger partial charge in [0.1, 0.15) is 5.52 Å². The summed E-state index contributed by atoms with van der Waals surface area (Å²) in [6, 6.07) is 0.514. The second kappa shape index (κ2) is 4.65. The number of nitrogens with zero attached hydrogens (tertiary/aromatic N) is 5. The maximum absolute atomic E-state index is 4.59. The lowest BCUT2D eigenvalue weighted by molar-refractivity contribution is 0.233. The molecular formula is C12H19N7. The minimum absolute atomic E-state index is 0.514. The van der Waals surface area contributed by atoms with E-state index in [2.05, 4.69) is 49.0 Å². The zero-order chi connectivity index (χ0) is 13.4. The van der Waals surface area contributed by atoms with E-state index in [0.717, 1.165) is 31.0 Å². The molecule has 0 amide bonds. The average Bonchev–Trinajstić information content (AvgIpc) is 2.89. The molecule has 19 heavy (non-hydrogen) atoms. The number of H-pyrrole nitrogens is 1. The summed E-state index contributed by atoms with van der Waals surface area (Å²) in [4.78, 5) is 21.0. The van der Waals surface area contributed by atoms with E-state index in [1.165, 1.54) is 0 Å². The maximum atomic E-state index is 4.59. The summed E-state index contributed by atoms with van der Waals surface area (Å²) in [5.74, 6) is 1.55. The van der Waals surface area contributed by atoms with Crippen LogP contribution in [-0.2, 0) is 0 Å². The summed E-state index contributed by atoms with van der Waals surface area (Å²) in [6.45, 7) is 5.20. The molecule has 3 heterocycles. The normalized spacial score (nSPS) is 21.0. The third kappa shape index (κ3) is 2.10. The minimum Gasteiger partial charge on any atom is -0.357 e. The van der Waals surface area contributed by atoms with Crippen molar-refractivity contribution < 1.29 is 0 Å². The maximum Gasteiger partial charge on any atom is 0.226 e. The zero-order valence-corrected chi connectivity index (χ0v) is 11.5. The van der Waals surface area contributed by atoms with Crippen molar-refractivity contribution in [2.75, 3.05) is 43.9 Å². The summed E-state index contributed by atoms with van der Waals surface area (Å²) in [7, 11) is 3.98. The van der Waals surface area contributed by atoms with Crippen LogP contribution in [0.3, 0.4) is 0 Å². The zero-order valence-electron chi connectivity index (χ0n) is 11.5. The topological polar surface area (TPSA) is 73.0 Å². The third-order valence-electron chi connectivity index (χ3n) is 3.75. The van der Waals surface area contributed by atoms with Gasteiger partial charge in [-0.2, -0.15) is 9.97 Å².